The van der Waals surface area contributed by atoms with Crippen molar-refractivity contribution in [3.05, 3.63) is 85.0 Å². The van der Waals surface area contributed by atoms with Gasteiger partial charge in [-0.25, -0.2) is 19.2 Å². The molecule has 262 valence electrons. The number of hydrogen-bond acceptors (Lipinski definition) is 10. The molecule has 0 fully saturated rings. The Morgan fingerprint density at radius 3 is 1.30 bits per heavy atom. The van der Waals surface area contributed by atoms with Gasteiger partial charge in [0.05, 0.1) is 26.3 Å². The topological polar surface area (TPSA) is 148 Å². The molecule has 0 atom stereocenters. The van der Waals surface area contributed by atoms with E-state index in [2.05, 4.69) is 23.8 Å². The van der Waals surface area contributed by atoms with Crippen molar-refractivity contribution in [1.29, 1.82) is 0 Å². The molecule has 0 aliphatic carbocycles. The molecule has 0 bridgehead atoms. The normalized spacial score (nSPS) is 10.6. The average molecular weight is 685 g/mol. The number of amides is 2. The third-order valence-corrected chi connectivity index (χ3v) is 7.10. The minimum Gasteiger partial charge on any atom is -0.493 e. The lowest BCUT2D eigenvalue weighted by Crippen LogP contribution is -2.31. The molecule has 0 unspecified atom stereocenters. The van der Waals surface area contributed by atoms with Gasteiger partial charge in [0.15, 0.2) is 0 Å². The molecule has 2 amide bonds. The van der Waals surface area contributed by atoms with E-state index in [1.54, 1.807) is 36.4 Å². The number of hydrogen-bond donors (Lipinski definition) is 2. The Labute approximate surface area is 289 Å². The van der Waals surface area contributed by atoms with Crippen LogP contribution >= 0.6 is 0 Å². The van der Waals surface area contributed by atoms with Gasteiger partial charge < -0.3 is 39.1 Å². The number of rotatable bonds is 15. The minimum absolute atomic E-state index is 0.0250. The Balaban J connectivity index is 1.82. The van der Waals surface area contributed by atoms with Gasteiger partial charge in [0, 0.05) is 43.8 Å². The quantitative estimate of drug-likeness (QED) is 0.0772. The van der Waals surface area contributed by atoms with Crippen molar-refractivity contribution in [2.75, 3.05) is 39.5 Å². The minimum atomic E-state index is -0.817. The highest BCUT2D eigenvalue weighted by Crippen LogP contribution is 2.49. The van der Waals surface area contributed by atoms with Crippen molar-refractivity contribution in [2.45, 2.75) is 27.7 Å². The first-order chi connectivity index (χ1) is 24.0. The predicted octanol–water partition coefficient (Wildman–Crippen LogP) is 6.87. The molecule has 4 aromatic carbocycles. The van der Waals surface area contributed by atoms with Gasteiger partial charge in [-0.3, -0.25) is 0 Å². The Morgan fingerprint density at radius 1 is 0.600 bits per heavy atom. The molecule has 0 aromatic heterocycles. The zero-order chi connectivity index (χ0) is 36.2. The first-order valence-electron chi connectivity index (χ1n) is 16.0. The van der Waals surface area contributed by atoms with Crippen molar-refractivity contribution in [3.8, 4) is 34.1 Å². The van der Waals surface area contributed by atoms with Gasteiger partial charge in [-0.2, -0.15) is 0 Å². The molecule has 0 saturated carbocycles. The van der Waals surface area contributed by atoms with E-state index in [9.17, 15) is 19.2 Å². The molecule has 0 radical (unpaired) electrons. The van der Waals surface area contributed by atoms with Crippen molar-refractivity contribution in [2.24, 2.45) is 0 Å². The van der Waals surface area contributed by atoms with E-state index in [4.69, 9.17) is 28.4 Å². The van der Waals surface area contributed by atoms with Crippen molar-refractivity contribution in [1.82, 2.24) is 10.6 Å². The summed E-state index contributed by atoms with van der Waals surface area (Å²) in [6, 6.07) is 17.9. The lowest BCUT2D eigenvalue weighted by molar-refractivity contribution is -0.139. The monoisotopic (exact) mass is 684 g/mol. The molecule has 50 heavy (non-hydrogen) atoms. The van der Waals surface area contributed by atoms with Gasteiger partial charge in [-0.05, 0) is 39.8 Å². The zero-order valence-electron chi connectivity index (χ0n) is 28.5. The van der Waals surface area contributed by atoms with Crippen LogP contribution in [-0.2, 0) is 19.1 Å². The Kier molecular flexibility index (Phi) is 12.8. The molecule has 0 aliphatic heterocycles. The van der Waals surface area contributed by atoms with Gasteiger partial charge in [0.2, 0.25) is 0 Å². The van der Waals surface area contributed by atoms with Gasteiger partial charge in [0.25, 0.3) is 0 Å². The van der Waals surface area contributed by atoms with Crippen LogP contribution in [-0.4, -0.2) is 63.6 Å². The molecule has 0 saturated heterocycles. The van der Waals surface area contributed by atoms with Crippen LogP contribution in [0.2, 0.25) is 0 Å². The standard InChI is InChI=1S/C38H40N2O10/c1-7-45-31-21-29(33(27-15-11-9-13-25(27)31)49-37(43)39-17-19-47-35(41)23(3)4)30-22-32(46-8-2)26-14-10-12-16-28(26)34(30)50-38(44)40-18-20-48-36(42)24(5)6/h9-16,21-22H,3,5,7-8,17-20H2,1-2,4,6H3,(H,39,43)(H,40,44). The van der Waals surface area contributed by atoms with E-state index in [-0.39, 0.29) is 48.9 Å². The van der Waals surface area contributed by atoms with Crippen LogP contribution in [0.15, 0.2) is 85.0 Å². The summed E-state index contributed by atoms with van der Waals surface area (Å²) in [6.45, 7) is 14.3. The van der Waals surface area contributed by atoms with Crippen LogP contribution in [0, 0.1) is 0 Å². The van der Waals surface area contributed by atoms with Crippen molar-refractivity contribution in [3.63, 3.8) is 0 Å². The van der Waals surface area contributed by atoms with Crippen molar-refractivity contribution >= 4 is 45.7 Å². The van der Waals surface area contributed by atoms with Crippen LogP contribution in [0.25, 0.3) is 32.7 Å². The summed E-state index contributed by atoms with van der Waals surface area (Å²) >= 11 is 0. The Hall–Kier alpha value is -6.04. The molecule has 0 spiro atoms. The zero-order valence-corrected chi connectivity index (χ0v) is 28.5. The van der Waals surface area contributed by atoms with Gasteiger partial charge >= 0.3 is 24.1 Å². The third-order valence-electron chi connectivity index (χ3n) is 7.10. The lowest BCUT2D eigenvalue weighted by atomic mass is 9.94. The SMILES string of the molecule is C=C(C)C(=O)OCCNC(=O)Oc1c(-c2cc(OCC)c3ccccc3c2OC(=O)NCCOC(=O)C(=C)C)cc(OCC)c2ccccc12. The number of ether oxygens (including phenoxy) is 6. The van der Waals surface area contributed by atoms with Crippen LogP contribution in [0.1, 0.15) is 27.7 Å². The van der Waals surface area contributed by atoms with E-state index < -0.39 is 24.1 Å². The molecule has 12 heteroatoms. The van der Waals surface area contributed by atoms with Gasteiger partial charge in [0.1, 0.15) is 36.2 Å². The fourth-order valence-electron chi connectivity index (χ4n) is 4.90. The second-order valence-electron chi connectivity index (χ2n) is 10.9. The number of esters is 2. The highest BCUT2D eigenvalue weighted by Gasteiger charge is 2.25. The molecular formula is C38H40N2O10. The fraction of sp³-hybridized carbons (Fsp3) is 0.263. The molecule has 12 nitrogen and oxygen atoms in total. The Bertz CT molecular complexity index is 1800. The molecule has 0 heterocycles. The maximum absolute atomic E-state index is 13.2. The summed E-state index contributed by atoms with van der Waals surface area (Å²) in [6.07, 6.45) is -1.63. The number of nitrogens with one attached hydrogen (secondary N) is 2. The van der Waals surface area contributed by atoms with Crippen LogP contribution in [0.4, 0.5) is 9.59 Å². The summed E-state index contributed by atoms with van der Waals surface area (Å²) in [5.41, 5.74) is 1.19. The molecule has 4 aromatic rings. The van der Waals surface area contributed by atoms with E-state index in [1.165, 1.54) is 13.8 Å². The number of benzene rings is 4. The highest BCUT2D eigenvalue weighted by atomic mass is 16.6. The second-order valence-corrected chi connectivity index (χ2v) is 10.9. The number of carbonyl (C=O) groups is 4. The first kappa shape index (κ1) is 36.8. The van der Waals surface area contributed by atoms with E-state index >= 15 is 0 Å². The van der Waals surface area contributed by atoms with Gasteiger partial charge in [-0.1, -0.05) is 61.7 Å². The van der Waals surface area contributed by atoms with E-state index in [0.717, 1.165) is 0 Å². The summed E-state index contributed by atoms with van der Waals surface area (Å²) in [5.74, 6) is 0.138. The summed E-state index contributed by atoms with van der Waals surface area (Å²) < 4.78 is 34.2. The molecular weight excluding hydrogens is 644 g/mol. The summed E-state index contributed by atoms with van der Waals surface area (Å²) in [7, 11) is 0. The highest BCUT2D eigenvalue weighted by molar-refractivity contribution is 6.06. The third kappa shape index (κ3) is 9.10. The van der Waals surface area contributed by atoms with E-state index in [1.807, 2.05) is 38.1 Å². The first-order valence-corrected chi connectivity index (χ1v) is 16.0. The average Bonchev–Trinajstić information content (AvgIpc) is 3.10. The summed E-state index contributed by atoms with van der Waals surface area (Å²) in [5, 5.41) is 7.62. The van der Waals surface area contributed by atoms with Crippen LogP contribution < -0.4 is 29.6 Å². The predicted molar refractivity (Wildman–Crippen MR) is 189 cm³/mol. The second kappa shape index (κ2) is 17.4. The Morgan fingerprint density at radius 2 is 0.960 bits per heavy atom. The number of fused-ring (bicyclic) bond motifs is 2. The van der Waals surface area contributed by atoms with E-state index in [0.29, 0.717) is 57.4 Å². The molecule has 4 rings (SSSR count). The summed E-state index contributed by atoms with van der Waals surface area (Å²) in [4.78, 5) is 50.0. The smallest absolute Gasteiger partial charge is 0.412 e. The van der Waals surface area contributed by atoms with Crippen molar-refractivity contribution < 1.29 is 47.6 Å². The fourth-order valence-corrected chi connectivity index (χ4v) is 4.90. The lowest BCUT2D eigenvalue weighted by Gasteiger charge is -2.21. The van der Waals surface area contributed by atoms with Gasteiger partial charge in [-0.15, -0.1) is 0 Å². The maximum Gasteiger partial charge on any atom is 0.412 e. The van der Waals surface area contributed by atoms with Crippen LogP contribution in [0.5, 0.6) is 23.0 Å². The molecule has 0 aliphatic rings. The largest absolute Gasteiger partial charge is 0.493 e. The molecule has 2 N–H and O–H groups in total. The number of carbonyl (C=O) groups excluding carboxylic acids is 4. The maximum atomic E-state index is 13.2. The van der Waals surface area contributed by atoms with Crippen LogP contribution in [0.3, 0.4) is 0 Å².